The number of phenolic OH excluding ortho intramolecular Hbond substituents is 1. The van der Waals surface area contributed by atoms with Gasteiger partial charge in [-0.05, 0) is 82.8 Å². The Morgan fingerprint density at radius 3 is 1.74 bits per heavy atom. The molecule has 0 aliphatic rings. The number of rotatable bonds is 3. The number of ether oxygens (including phenoxy) is 1. The van der Waals surface area contributed by atoms with E-state index in [4.69, 9.17) is 11.2 Å². The van der Waals surface area contributed by atoms with E-state index < -0.39 is 5.97 Å². The van der Waals surface area contributed by atoms with Gasteiger partial charge in [-0.3, -0.25) is 4.79 Å². The van der Waals surface area contributed by atoms with E-state index in [2.05, 4.69) is 101 Å². The summed E-state index contributed by atoms with van der Waals surface area (Å²) < 4.78 is 4.85. The molecule has 0 atom stereocenters. The van der Waals surface area contributed by atoms with Crippen molar-refractivity contribution in [2.75, 3.05) is 0 Å². The lowest BCUT2D eigenvalue weighted by atomic mass is 9.83. The maximum Gasteiger partial charge on any atom is 0.320 e. The summed E-state index contributed by atoms with van der Waals surface area (Å²) in [5.41, 5.74) is 2.36. The number of aromatic hydroxyl groups is 1. The smallest absolute Gasteiger partial charge is 0.320 e. The average Bonchev–Trinajstić information content (AvgIpc) is 2.81. The molecule has 1 aromatic carbocycles. The molecule has 0 amide bonds. The van der Waals surface area contributed by atoms with Crippen LogP contribution >= 0.6 is 0 Å². The van der Waals surface area contributed by atoms with Crippen molar-refractivity contribution in [2.45, 2.75) is 46.0 Å². The number of aryl methyl sites for hydroxylation is 2. The van der Waals surface area contributed by atoms with Gasteiger partial charge in [0.05, 0.1) is 6.42 Å². The first kappa shape index (κ1) is 27.6. The number of phenols is 1. The molecule has 0 bridgehead atoms. The predicted molar refractivity (Wildman–Crippen MR) is 137 cm³/mol. The molecule has 3 nitrogen and oxygen atoms in total. The number of terminal acetylenes is 1. The standard InChI is InChI=1S/C32H20O3/c1-6-7-8-9-10-11-12-13-14-15-16-17-18-19-20-21-24-35-30(33)23-22-28-25-27(2)31(34)29(26-28)32(3,4)5/h1,25-26,34H,22-23H2,2-5H3. The number of carbonyl (C=O) groups excluding carboxylic acids is 1. The first-order valence-electron chi connectivity index (χ1n) is 10.2. The van der Waals surface area contributed by atoms with E-state index in [9.17, 15) is 9.90 Å². The van der Waals surface area contributed by atoms with Crippen molar-refractivity contribution in [3.8, 4) is 113 Å². The zero-order valence-corrected chi connectivity index (χ0v) is 19.9. The van der Waals surface area contributed by atoms with Crippen LogP contribution in [0.15, 0.2) is 12.1 Å². The van der Waals surface area contributed by atoms with Crippen LogP contribution in [0.5, 0.6) is 5.75 Å². The minimum absolute atomic E-state index is 0.156. The molecule has 0 aromatic heterocycles. The van der Waals surface area contributed by atoms with Crippen LogP contribution in [-0.2, 0) is 21.4 Å². The van der Waals surface area contributed by atoms with Crippen molar-refractivity contribution in [2.24, 2.45) is 0 Å². The summed E-state index contributed by atoms with van der Waals surface area (Å²) in [6.45, 7) is 7.91. The molecular formula is C32H20O3. The van der Waals surface area contributed by atoms with Gasteiger partial charge >= 0.3 is 5.97 Å². The van der Waals surface area contributed by atoms with Gasteiger partial charge in [-0.1, -0.05) is 32.9 Å². The maximum atomic E-state index is 11.9. The molecule has 0 saturated carbocycles. The highest BCUT2D eigenvalue weighted by atomic mass is 16.5. The molecule has 0 aliphatic carbocycles. The predicted octanol–water partition coefficient (Wildman–Crippen LogP) is 3.09. The molecule has 0 aliphatic heterocycles. The third-order valence-electron chi connectivity index (χ3n) is 3.95. The van der Waals surface area contributed by atoms with Crippen LogP contribution in [0.2, 0.25) is 0 Å². The Bertz CT molecular complexity index is 1530. The lowest BCUT2D eigenvalue weighted by molar-refractivity contribution is -0.136. The molecule has 1 N–H and O–H groups in total. The summed E-state index contributed by atoms with van der Waals surface area (Å²) in [4.78, 5) is 11.9. The molecule has 35 heavy (non-hydrogen) atoms. The summed E-state index contributed by atoms with van der Waals surface area (Å²) in [7, 11) is 0. The van der Waals surface area contributed by atoms with Crippen molar-refractivity contribution in [3.05, 3.63) is 28.8 Å². The molecule has 0 heterocycles. The Kier molecular flexibility index (Phi) is 12.1. The van der Waals surface area contributed by atoms with Crippen LogP contribution in [0.25, 0.3) is 0 Å². The number of esters is 1. The van der Waals surface area contributed by atoms with E-state index in [1.165, 1.54) is 0 Å². The molecule has 0 spiro atoms. The fraction of sp³-hybridized carbons (Fsp3) is 0.219. The number of hydrogen-bond acceptors (Lipinski definition) is 3. The van der Waals surface area contributed by atoms with Crippen LogP contribution < -0.4 is 0 Å². The van der Waals surface area contributed by atoms with Crippen molar-refractivity contribution < 1.29 is 14.6 Å². The van der Waals surface area contributed by atoms with E-state index in [1.807, 2.05) is 39.8 Å². The Hall–Kier alpha value is -5.47. The monoisotopic (exact) mass is 452 g/mol. The van der Waals surface area contributed by atoms with E-state index in [0.29, 0.717) is 6.42 Å². The molecule has 166 valence electrons. The van der Waals surface area contributed by atoms with Gasteiger partial charge < -0.3 is 9.84 Å². The summed E-state index contributed by atoms with van der Waals surface area (Å²) in [5, 5.41) is 10.3. The molecule has 0 radical (unpaired) electrons. The Morgan fingerprint density at radius 1 is 0.829 bits per heavy atom. The fourth-order valence-corrected chi connectivity index (χ4v) is 2.42. The van der Waals surface area contributed by atoms with Crippen LogP contribution in [0.1, 0.15) is 43.9 Å². The largest absolute Gasteiger partial charge is 0.507 e. The summed E-state index contributed by atoms with van der Waals surface area (Å²) in [6, 6.07) is 3.78. The van der Waals surface area contributed by atoms with Crippen LogP contribution in [0.3, 0.4) is 0 Å². The molecule has 0 fully saturated rings. The fourth-order valence-electron chi connectivity index (χ4n) is 2.42. The lowest BCUT2D eigenvalue weighted by Crippen LogP contribution is -2.13. The second-order valence-corrected chi connectivity index (χ2v) is 7.65. The van der Waals surface area contributed by atoms with Crippen LogP contribution in [-0.4, -0.2) is 11.1 Å². The van der Waals surface area contributed by atoms with E-state index in [1.54, 1.807) is 0 Å². The lowest BCUT2D eigenvalue weighted by Gasteiger charge is -2.22. The minimum atomic E-state index is -0.465. The van der Waals surface area contributed by atoms with E-state index in [-0.39, 0.29) is 17.6 Å². The van der Waals surface area contributed by atoms with Crippen LogP contribution in [0.4, 0.5) is 0 Å². The van der Waals surface area contributed by atoms with Gasteiger partial charge in [-0.2, -0.15) is 0 Å². The second-order valence-electron chi connectivity index (χ2n) is 7.65. The number of hydrogen-bond donors (Lipinski definition) is 1. The molecule has 3 heteroatoms. The van der Waals surface area contributed by atoms with Crippen molar-refractivity contribution in [1.29, 1.82) is 0 Å². The van der Waals surface area contributed by atoms with Crippen LogP contribution in [0, 0.1) is 114 Å². The second kappa shape index (κ2) is 15.4. The SMILES string of the molecule is C#CC#CC#CC#CC#CC#CC#CC#CC#COC(=O)CCc1cc(C)c(O)c(C(C)(C)C)c1. The van der Waals surface area contributed by atoms with Gasteiger partial charge in [0.1, 0.15) is 11.9 Å². The van der Waals surface area contributed by atoms with E-state index >= 15 is 0 Å². The zero-order valence-electron chi connectivity index (χ0n) is 19.9. The number of benzene rings is 1. The first-order chi connectivity index (χ1) is 16.8. The van der Waals surface area contributed by atoms with E-state index in [0.717, 1.165) is 16.7 Å². The molecule has 1 aromatic rings. The highest BCUT2D eigenvalue weighted by Crippen LogP contribution is 2.34. The summed E-state index contributed by atoms with van der Waals surface area (Å²) >= 11 is 0. The quantitative estimate of drug-likeness (QED) is 0.567. The highest BCUT2D eigenvalue weighted by Gasteiger charge is 2.20. The van der Waals surface area contributed by atoms with Crippen molar-refractivity contribution >= 4 is 5.97 Å². The molecule has 0 unspecified atom stereocenters. The molecule has 0 saturated heterocycles. The minimum Gasteiger partial charge on any atom is -0.507 e. The summed E-state index contributed by atoms with van der Waals surface area (Å²) in [5.74, 6) is 38.7. The third-order valence-corrected chi connectivity index (χ3v) is 3.95. The third kappa shape index (κ3) is 12.2. The highest BCUT2D eigenvalue weighted by molar-refractivity contribution is 5.71. The van der Waals surface area contributed by atoms with Gasteiger partial charge in [0, 0.05) is 47.4 Å². The Morgan fingerprint density at radius 2 is 1.29 bits per heavy atom. The molecular weight excluding hydrogens is 432 g/mol. The normalized spacial score (nSPS) is 7.74. The Labute approximate surface area is 208 Å². The zero-order chi connectivity index (χ0) is 25.9. The van der Waals surface area contributed by atoms with Gasteiger partial charge in [-0.15, -0.1) is 6.42 Å². The average molecular weight is 453 g/mol. The number of carbonyl (C=O) groups is 1. The van der Waals surface area contributed by atoms with Crippen molar-refractivity contribution in [3.63, 3.8) is 0 Å². The first-order valence-corrected chi connectivity index (χ1v) is 10.2. The van der Waals surface area contributed by atoms with Gasteiger partial charge in [-0.25, -0.2) is 0 Å². The molecule has 1 rings (SSSR count). The van der Waals surface area contributed by atoms with Crippen molar-refractivity contribution in [1.82, 2.24) is 0 Å². The summed E-state index contributed by atoms with van der Waals surface area (Å²) in [6.07, 6.45) is 7.80. The van der Waals surface area contributed by atoms with Gasteiger partial charge in [0.2, 0.25) is 0 Å². The Balaban J connectivity index is 2.51. The maximum absolute atomic E-state index is 11.9. The van der Waals surface area contributed by atoms with Gasteiger partial charge in [0.25, 0.3) is 0 Å². The van der Waals surface area contributed by atoms with Gasteiger partial charge in [0.15, 0.2) is 0 Å². The topological polar surface area (TPSA) is 46.5 Å².